The number of rotatable bonds is 4. The molecular formula is C17H26FNO. The van der Waals surface area contributed by atoms with Gasteiger partial charge in [0.1, 0.15) is 5.82 Å². The second-order valence-corrected chi connectivity index (χ2v) is 6.22. The first-order chi connectivity index (χ1) is 9.47. The van der Waals surface area contributed by atoms with Gasteiger partial charge in [-0.05, 0) is 68.7 Å². The van der Waals surface area contributed by atoms with E-state index in [0.717, 1.165) is 42.7 Å². The van der Waals surface area contributed by atoms with Crippen LogP contribution in [0.5, 0.6) is 0 Å². The summed E-state index contributed by atoms with van der Waals surface area (Å²) in [7, 11) is 0. The van der Waals surface area contributed by atoms with Crippen LogP contribution < -0.4 is 5.73 Å². The second kappa shape index (κ2) is 6.23. The molecule has 1 fully saturated rings. The Morgan fingerprint density at radius 2 is 2.00 bits per heavy atom. The van der Waals surface area contributed by atoms with Crippen molar-refractivity contribution in [1.82, 2.24) is 0 Å². The minimum absolute atomic E-state index is 0.216. The van der Waals surface area contributed by atoms with Gasteiger partial charge in [0.05, 0.1) is 11.6 Å². The minimum atomic E-state index is -0.332. The van der Waals surface area contributed by atoms with E-state index in [4.69, 9.17) is 10.5 Å². The van der Waals surface area contributed by atoms with Gasteiger partial charge in [-0.2, -0.15) is 0 Å². The van der Waals surface area contributed by atoms with Gasteiger partial charge >= 0.3 is 0 Å². The highest BCUT2D eigenvalue weighted by Crippen LogP contribution is 2.42. The van der Waals surface area contributed by atoms with Crippen LogP contribution in [0.2, 0.25) is 0 Å². The lowest BCUT2D eigenvalue weighted by atomic mass is 9.73. The third-order valence-corrected chi connectivity index (χ3v) is 4.54. The molecule has 0 bridgehead atoms. The van der Waals surface area contributed by atoms with Gasteiger partial charge in [-0.1, -0.05) is 13.0 Å². The number of nitrogens with two attached hydrogens (primary N) is 1. The summed E-state index contributed by atoms with van der Waals surface area (Å²) in [5.74, 6) is 0.510. The summed E-state index contributed by atoms with van der Waals surface area (Å²) >= 11 is 0. The highest BCUT2D eigenvalue weighted by Gasteiger charge is 2.41. The average molecular weight is 279 g/mol. The number of benzene rings is 1. The zero-order valence-electron chi connectivity index (χ0n) is 12.8. The van der Waals surface area contributed by atoms with Gasteiger partial charge in [0, 0.05) is 6.61 Å². The van der Waals surface area contributed by atoms with Crippen LogP contribution in [0.15, 0.2) is 18.2 Å². The zero-order valence-corrected chi connectivity index (χ0v) is 12.8. The van der Waals surface area contributed by atoms with Crippen molar-refractivity contribution in [2.75, 3.05) is 6.61 Å². The van der Waals surface area contributed by atoms with Gasteiger partial charge in [0.25, 0.3) is 0 Å². The molecule has 2 N–H and O–H groups in total. The van der Waals surface area contributed by atoms with E-state index in [0.29, 0.717) is 6.61 Å². The van der Waals surface area contributed by atoms with Crippen molar-refractivity contribution in [3.63, 3.8) is 0 Å². The number of aryl methyl sites for hydroxylation is 1. The van der Waals surface area contributed by atoms with Crippen LogP contribution in [0.1, 0.15) is 56.7 Å². The Kier molecular flexibility index (Phi) is 4.82. The normalized spacial score (nSPS) is 28.4. The van der Waals surface area contributed by atoms with Crippen molar-refractivity contribution in [3.05, 3.63) is 35.1 Å². The van der Waals surface area contributed by atoms with E-state index in [1.807, 2.05) is 19.9 Å². The molecule has 0 aliphatic heterocycles. The first kappa shape index (κ1) is 15.5. The summed E-state index contributed by atoms with van der Waals surface area (Å²) in [6.07, 6.45) is 4.17. The molecule has 0 spiro atoms. The molecule has 1 atom stereocenters. The Bertz CT molecular complexity index is 432. The molecule has 1 aromatic rings. The van der Waals surface area contributed by atoms with Crippen molar-refractivity contribution in [2.24, 2.45) is 11.7 Å². The van der Waals surface area contributed by atoms with E-state index < -0.39 is 0 Å². The van der Waals surface area contributed by atoms with E-state index in [9.17, 15) is 4.39 Å². The monoisotopic (exact) mass is 279 g/mol. The van der Waals surface area contributed by atoms with Crippen molar-refractivity contribution >= 4 is 0 Å². The van der Waals surface area contributed by atoms with Crippen LogP contribution in [-0.2, 0) is 4.74 Å². The molecule has 0 amide bonds. The summed E-state index contributed by atoms with van der Waals surface area (Å²) in [6.45, 7) is 6.82. The van der Waals surface area contributed by atoms with Gasteiger partial charge in [0.15, 0.2) is 0 Å². The average Bonchev–Trinajstić information content (AvgIpc) is 2.40. The first-order valence-electron chi connectivity index (χ1n) is 7.63. The smallest absolute Gasteiger partial charge is 0.123 e. The summed E-state index contributed by atoms with van der Waals surface area (Å²) < 4.78 is 19.7. The Hall–Kier alpha value is -0.930. The maximum absolute atomic E-state index is 13.6. The molecule has 1 unspecified atom stereocenters. The second-order valence-electron chi connectivity index (χ2n) is 6.22. The molecule has 0 aromatic heterocycles. The first-order valence-corrected chi connectivity index (χ1v) is 7.63. The van der Waals surface area contributed by atoms with E-state index in [1.165, 1.54) is 6.07 Å². The molecule has 0 saturated heterocycles. The Morgan fingerprint density at radius 1 is 1.35 bits per heavy atom. The quantitative estimate of drug-likeness (QED) is 0.899. The Morgan fingerprint density at radius 3 is 2.55 bits per heavy atom. The molecule has 1 aliphatic rings. The number of hydrogen-bond donors (Lipinski definition) is 1. The number of halogens is 1. The number of hydrogen-bond acceptors (Lipinski definition) is 2. The van der Waals surface area contributed by atoms with E-state index in [1.54, 1.807) is 6.07 Å². The predicted molar refractivity (Wildman–Crippen MR) is 80.1 cm³/mol. The van der Waals surface area contributed by atoms with Crippen LogP contribution in [0.3, 0.4) is 0 Å². The third kappa shape index (κ3) is 3.21. The summed E-state index contributed by atoms with van der Waals surface area (Å²) in [4.78, 5) is 0. The van der Waals surface area contributed by atoms with E-state index in [2.05, 4.69) is 6.92 Å². The third-order valence-electron chi connectivity index (χ3n) is 4.54. The van der Waals surface area contributed by atoms with Crippen LogP contribution in [0, 0.1) is 18.7 Å². The van der Waals surface area contributed by atoms with Crippen molar-refractivity contribution in [2.45, 2.75) is 58.1 Å². The predicted octanol–water partition coefficient (Wildman–Crippen LogP) is 4.12. The molecule has 2 nitrogen and oxygen atoms in total. The maximum Gasteiger partial charge on any atom is 0.123 e. The zero-order chi connectivity index (χ0) is 14.8. The Balaban J connectivity index is 2.28. The molecule has 112 valence electrons. The molecule has 1 saturated carbocycles. The molecule has 1 aliphatic carbocycles. The maximum atomic E-state index is 13.6. The van der Waals surface area contributed by atoms with Crippen LogP contribution in [-0.4, -0.2) is 12.2 Å². The lowest BCUT2D eigenvalue weighted by Gasteiger charge is -2.43. The minimum Gasteiger partial charge on any atom is -0.373 e. The molecule has 20 heavy (non-hydrogen) atoms. The van der Waals surface area contributed by atoms with Crippen LogP contribution in [0.25, 0.3) is 0 Å². The van der Waals surface area contributed by atoms with E-state index >= 15 is 0 Å². The molecule has 2 rings (SSSR count). The lowest BCUT2D eigenvalue weighted by Crippen LogP contribution is -2.46. The fourth-order valence-corrected chi connectivity index (χ4v) is 3.33. The topological polar surface area (TPSA) is 35.2 Å². The van der Waals surface area contributed by atoms with E-state index in [-0.39, 0.29) is 17.5 Å². The fourth-order valence-electron chi connectivity index (χ4n) is 3.33. The summed E-state index contributed by atoms with van der Waals surface area (Å²) in [5.41, 5.74) is 7.91. The molecule has 0 radical (unpaired) electrons. The summed E-state index contributed by atoms with van der Waals surface area (Å²) in [6, 6.07) is 4.81. The van der Waals surface area contributed by atoms with Crippen LogP contribution >= 0.6 is 0 Å². The van der Waals surface area contributed by atoms with Gasteiger partial charge in [-0.3, -0.25) is 0 Å². The van der Waals surface area contributed by atoms with Crippen LogP contribution in [0.4, 0.5) is 4.39 Å². The highest BCUT2D eigenvalue weighted by molar-refractivity contribution is 5.28. The summed E-state index contributed by atoms with van der Waals surface area (Å²) in [5, 5.41) is 0. The van der Waals surface area contributed by atoms with Crippen molar-refractivity contribution < 1.29 is 9.13 Å². The molecule has 0 heterocycles. The number of ether oxygens (including phenoxy) is 1. The lowest BCUT2D eigenvalue weighted by molar-refractivity contribution is -0.0897. The fraction of sp³-hybridized carbons (Fsp3) is 0.647. The largest absolute Gasteiger partial charge is 0.373 e. The van der Waals surface area contributed by atoms with Crippen molar-refractivity contribution in [3.8, 4) is 0 Å². The molecule has 3 heteroatoms. The SMILES string of the molecule is CCOC1(C(N)c2cc(C)cc(F)c2)CCC(C)CC1. The molecular weight excluding hydrogens is 253 g/mol. The van der Waals surface area contributed by atoms with Crippen molar-refractivity contribution in [1.29, 1.82) is 0 Å². The Labute approximate surface area is 121 Å². The van der Waals surface area contributed by atoms with Gasteiger partial charge < -0.3 is 10.5 Å². The molecule has 1 aromatic carbocycles. The highest BCUT2D eigenvalue weighted by atomic mass is 19.1. The van der Waals surface area contributed by atoms with Gasteiger partial charge in [-0.25, -0.2) is 4.39 Å². The standard InChI is InChI=1S/C17H26FNO/c1-4-20-17(7-5-12(2)6-8-17)16(19)14-9-13(3)10-15(18)11-14/h9-12,16H,4-8,19H2,1-3H3. The van der Waals surface area contributed by atoms with Gasteiger partial charge in [-0.15, -0.1) is 0 Å². The van der Waals surface area contributed by atoms with Gasteiger partial charge in [0.2, 0.25) is 0 Å².